The first-order valence-corrected chi connectivity index (χ1v) is 6.12. The fourth-order valence-electron chi connectivity index (χ4n) is 1.53. The highest BCUT2D eigenvalue weighted by molar-refractivity contribution is 9.10. The predicted octanol–water partition coefficient (Wildman–Crippen LogP) is 2.66. The quantitative estimate of drug-likeness (QED) is 0.781. The van der Waals surface area contributed by atoms with Gasteiger partial charge in [-0.1, -0.05) is 5.16 Å². The van der Waals surface area contributed by atoms with Gasteiger partial charge in [0.05, 0.1) is 11.8 Å². The third kappa shape index (κ3) is 2.32. The Hall–Kier alpha value is -2.28. The highest BCUT2D eigenvalue weighted by Gasteiger charge is 2.14. The molecule has 0 amide bonds. The Balaban J connectivity index is 2.03. The van der Waals surface area contributed by atoms with Gasteiger partial charge in [-0.25, -0.2) is 0 Å². The lowest BCUT2D eigenvalue weighted by Crippen LogP contribution is -1.86. The van der Waals surface area contributed by atoms with E-state index in [0.717, 1.165) is 4.47 Å². The van der Waals surface area contributed by atoms with Gasteiger partial charge in [0.15, 0.2) is 0 Å². The van der Waals surface area contributed by atoms with Crippen molar-refractivity contribution >= 4 is 15.9 Å². The molecule has 94 valence electrons. The van der Waals surface area contributed by atoms with Crippen LogP contribution in [-0.4, -0.2) is 25.2 Å². The number of nitrogens with zero attached hydrogens (tertiary/aromatic N) is 4. The van der Waals surface area contributed by atoms with Crippen molar-refractivity contribution in [3.8, 4) is 28.7 Å². The molecule has 3 heterocycles. The van der Waals surface area contributed by atoms with E-state index in [1.165, 1.54) is 18.5 Å². The minimum atomic E-state index is 0.0382. The van der Waals surface area contributed by atoms with Gasteiger partial charge in [-0.3, -0.25) is 9.97 Å². The Bertz CT molecular complexity index is 729. The van der Waals surface area contributed by atoms with E-state index >= 15 is 0 Å². The van der Waals surface area contributed by atoms with Gasteiger partial charge in [0, 0.05) is 16.9 Å². The van der Waals surface area contributed by atoms with Crippen molar-refractivity contribution in [1.82, 2.24) is 20.1 Å². The summed E-state index contributed by atoms with van der Waals surface area (Å²) in [4.78, 5) is 12.3. The number of aromatic nitrogens is 4. The molecular weight excluding hydrogens is 312 g/mol. The third-order valence-electron chi connectivity index (χ3n) is 2.37. The molecule has 3 rings (SSSR count). The Labute approximate surface area is 116 Å². The largest absolute Gasteiger partial charge is 0.506 e. The summed E-state index contributed by atoms with van der Waals surface area (Å²) in [5.74, 6) is 0.679. The van der Waals surface area contributed by atoms with E-state index in [0.29, 0.717) is 17.1 Å². The Morgan fingerprint density at radius 2 is 2.16 bits per heavy atom. The van der Waals surface area contributed by atoms with Gasteiger partial charge >= 0.3 is 0 Å². The molecule has 0 spiro atoms. The predicted molar refractivity (Wildman–Crippen MR) is 70.1 cm³/mol. The molecule has 0 aliphatic heterocycles. The van der Waals surface area contributed by atoms with Crippen LogP contribution in [0.3, 0.4) is 0 Å². The molecule has 3 aromatic heterocycles. The molecule has 0 radical (unpaired) electrons. The third-order valence-corrected chi connectivity index (χ3v) is 3.01. The average Bonchev–Trinajstić information content (AvgIpc) is 2.89. The molecular formula is C12H7BrN4O2. The molecule has 19 heavy (non-hydrogen) atoms. The molecule has 3 aromatic rings. The normalized spacial score (nSPS) is 10.6. The topological polar surface area (TPSA) is 84.9 Å². The van der Waals surface area contributed by atoms with Crippen LogP contribution in [0.1, 0.15) is 0 Å². The van der Waals surface area contributed by atoms with E-state index in [1.807, 2.05) is 6.07 Å². The van der Waals surface area contributed by atoms with Gasteiger partial charge < -0.3 is 9.63 Å². The standard InChI is InChI=1S/C12H7BrN4O2/c13-9-2-1-3-15-10(9)11-16-12(19-17-11)7-4-8(18)6-14-5-7/h1-6,18H. The molecule has 0 saturated carbocycles. The van der Waals surface area contributed by atoms with Gasteiger partial charge in [-0.2, -0.15) is 4.98 Å². The summed E-state index contributed by atoms with van der Waals surface area (Å²) >= 11 is 3.37. The fourth-order valence-corrected chi connectivity index (χ4v) is 1.96. The van der Waals surface area contributed by atoms with Crippen LogP contribution in [0.4, 0.5) is 0 Å². The zero-order chi connectivity index (χ0) is 13.2. The van der Waals surface area contributed by atoms with E-state index in [2.05, 4.69) is 36.0 Å². The molecule has 0 aliphatic rings. The lowest BCUT2D eigenvalue weighted by atomic mass is 10.3. The van der Waals surface area contributed by atoms with Crippen LogP contribution in [0.5, 0.6) is 5.75 Å². The first-order chi connectivity index (χ1) is 9.24. The van der Waals surface area contributed by atoms with Crippen molar-refractivity contribution < 1.29 is 9.63 Å². The Morgan fingerprint density at radius 1 is 1.26 bits per heavy atom. The van der Waals surface area contributed by atoms with Gasteiger partial charge in [-0.05, 0) is 34.1 Å². The first-order valence-electron chi connectivity index (χ1n) is 5.33. The summed E-state index contributed by atoms with van der Waals surface area (Å²) in [6.45, 7) is 0. The van der Waals surface area contributed by atoms with Crippen molar-refractivity contribution in [2.24, 2.45) is 0 Å². The second-order valence-corrected chi connectivity index (χ2v) is 4.54. The molecule has 0 bridgehead atoms. The molecule has 0 saturated heterocycles. The van der Waals surface area contributed by atoms with Crippen LogP contribution in [0.2, 0.25) is 0 Å². The van der Waals surface area contributed by atoms with Gasteiger partial charge in [-0.15, -0.1) is 0 Å². The first kappa shape index (κ1) is 11.8. The second kappa shape index (κ2) is 4.77. The molecule has 0 aromatic carbocycles. The smallest absolute Gasteiger partial charge is 0.259 e. The zero-order valence-electron chi connectivity index (χ0n) is 9.49. The second-order valence-electron chi connectivity index (χ2n) is 3.69. The maximum Gasteiger partial charge on any atom is 0.259 e. The van der Waals surface area contributed by atoms with E-state index in [4.69, 9.17) is 4.52 Å². The number of pyridine rings is 2. The molecule has 0 unspecified atom stereocenters. The summed E-state index contributed by atoms with van der Waals surface area (Å²) in [5.41, 5.74) is 1.14. The number of hydrogen-bond acceptors (Lipinski definition) is 6. The van der Waals surface area contributed by atoms with E-state index in [-0.39, 0.29) is 11.6 Å². The highest BCUT2D eigenvalue weighted by Crippen LogP contribution is 2.26. The summed E-state index contributed by atoms with van der Waals surface area (Å²) in [7, 11) is 0. The maximum absolute atomic E-state index is 9.37. The van der Waals surface area contributed by atoms with Crippen LogP contribution >= 0.6 is 15.9 Å². The minimum Gasteiger partial charge on any atom is -0.506 e. The van der Waals surface area contributed by atoms with E-state index in [1.54, 1.807) is 12.3 Å². The summed E-state index contributed by atoms with van der Waals surface area (Å²) in [6.07, 6.45) is 4.51. The monoisotopic (exact) mass is 318 g/mol. The Kier molecular flexibility index (Phi) is 2.96. The van der Waals surface area contributed by atoms with E-state index < -0.39 is 0 Å². The van der Waals surface area contributed by atoms with Crippen LogP contribution in [0.25, 0.3) is 23.0 Å². The van der Waals surface area contributed by atoms with Crippen molar-refractivity contribution in [2.75, 3.05) is 0 Å². The summed E-state index contributed by atoms with van der Waals surface area (Å²) in [5, 5.41) is 13.2. The Morgan fingerprint density at radius 3 is 2.95 bits per heavy atom. The van der Waals surface area contributed by atoms with Crippen molar-refractivity contribution in [3.05, 3.63) is 41.3 Å². The minimum absolute atomic E-state index is 0.0382. The number of rotatable bonds is 2. The van der Waals surface area contributed by atoms with Crippen LogP contribution < -0.4 is 0 Å². The SMILES string of the molecule is Oc1cncc(-c2nc(-c3ncccc3Br)no2)c1. The molecule has 7 heteroatoms. The molecule has 0 aliphatic carbocycles. The number of halogens is 1. The molecule has 6 nitrogen and oxygen atoms in total. The highest BCUT2D eigenvalue weighted by atomic mass is 79.9. The lowest BCUT2D eigenvalue weighted by Gasteiger charge is -1.95. The van der Waals surface area contributed by atoms with Crippen LogP contribution in [-0.2, 0) is 0 Å². The molecule has 0 atom stereocenters. The summed E-state index contributed by atoms with van der Waals surface area (Å²) in [6, 6.07) is 5.14. The van der Waals surface area contributed by atoms with Gasteiger partial charge in [0.25, 0.3) is 5.89 Å². The number of hydrogen-bond donors (Lipinski definition) is 1. The average molecular weight is 319 g/mol. The van der Waals surface area contributed by atoms with Crippen LogP contribution in [0, 0.1) is 0 Å². The maximum atomic E-state index is 9.37. The molecule has 0 fully saturated rings. The fraction of sp³-hybridized carbons (Fsp3) is 0. The summed E-state index contributed by atoms with van der Waals surface area (Å²) < 4.78 is 5.92. The van der Waals surface area contributed by atoms with Crippen molar-refractivity contribution in [1.29, 1.82) is 0 Å². The van der Waals surface area contributed by atoms with E-state index in [9.17, 15) is 5.11 Å². The zero-order valence-corrected chi connectivity index (χ0v) is 11.1. The van der Waals surface area contributed by atoms with Crippen molar-refractivity contribution in [2.45, 2.75) is 0 Å². The van der Waals surface area contributed by atoms with Gasteiger partial charge in [0.2, 0.25) is 5.82 Å². The number of aromatic hydroxyl groups is 1. The van der Waals surface area contributed by atoms with Gasteiger partial charge in [0.1, 0.15) is 11.4 Å². The van der Waals surface area contributed by atoms with Crippen molar-refractivity contribution in [3.63, 3.8) is 0 Å². The lowest BCUT2D eigenvalue weighted by molar-refractivity contribution is 0.431. The molecule has 1 N–H and O–H groups in total. The van der Waals surface area contributed by atoms with Crippen LogP contribution in [0.15, 0.2) is 45.8 Å².